The van der Waals surface area contributed by atoms with Gasteiger partial charge < -0.3 is 4.74 Å². The van der Waals surface area contributed by atoms with Crippen LogP contribution in [0.5, 0.6) is 11.5 Å². The van der Waals surface area contributed by atoms with Crippen LogP contribution in [0, 0.1) is 0 Å². The Kier molecular flexibility index (Phi) is 3.88. The van der Waals surface area contributed by atoms with Gasteiger partial charge >= 0.3 is 0 Å². The van der Waals surface area contributed by atoms with E-state index in [0.29, 0.717) is 0 Å². The first-order chi connectivity index (χ1) is 16.3. The van der Waals surface area contributed by atoms with Crippen LogP contribution in [0.4, 0.5) is 0 Å². The molecule has 0 bridgehead atoms. The van der Waals surface area contributed by atoms with Gasteiger partial charge in [0.2, 0.25) is 0 Å². The van der Waals surface area contributed by atoms with Crippen molar-refractivity contribution in [1.29, 1.82) is 0 Å². The standard InChI is InChI=1S/C31H19ClO/c32-21-10-7-9-20(19-21)22-12-8-13-24-23-11-1-2-14-25(23)31(30(22)24)26-15-3-5-17-28(26)33-29-18-6-4-16-27(29)31/h1-19H. The fourth-order valence-corrected chi connectivity index (χ4v) is 6.00. The molecule has 2 heteroatoms. The summed E-state index contributed by atoms with van der Waals surface area (Å²) in [5.74, 6) is 1.81. The lowest BCUT2D eigenvalue weighted by Crippen LogP contribution is -2.32. The molecule has 5 aromatic rings. The molecule has 0 saturated carbocycles. The van der Waals surface area contributed by atoms with Crippen molar-refractivity contribution < 1.29 is 4.74 Å². The lowest BCUT2D eigenvalue weighted by Gasteiger charge is -2.40. The molecule has 1 aliphatic carbocycles. The summed E-state index contributed by atoms with van der Waals surface area (Å²) in [7, 11) is 0. The summed E-state index contributed by atoms with van der Waals surface area (Å²) in [5, 5.41) is 0.738. The Morgan fingerprint density at radius 1 is 0.515 bits per heavy atom. The Balaban J connectivity index is 1.71. The summed E-state index contributed by atoms with van der Waals surface area (Å²) >= 11 is 6.45. The summed E-state index contributed by atoms with van der Waals surface area (Å²) < 4.78 is 6.44. The van der Waals surface area contributed by atoms with Crippen molar-refractivity contribution in [1.82, 2.24) is 0 Å². The molecule has 2 aliphatic rings. The lowest BCUT2D eigenvalue weighted by atomic mass is 9.64. The van der Waals surface area contributed by atoms with Crippen molar-refractivity contribution >= 4 is 11.6 Å². The van der Waals surface area contributed by atoms with Gasteiger partial charge in [-0.15, -0.1) is 0 Å². The molecule has 0 unspecified atom stereocenters. The molecule has 7 rings (SSSR count). The van der Waals surface area contributed by atoms with Gasteiger partial charge in [0.1, 0.15) is 11.5 Å². The minimum absolute atomic E-state index is 0.476. The van der Waals surface area contributed by atoms with Crippen LogP contribution >= 0.6 is 11.6 Å². The Labute approximate surface area is 197 Å². The highest BCUT2D eigenvalue weighted by molar-refractivity contribution is 6.30. The molecular weight excluding hydrogens is 424 g/mol. The van der Waals surface area contributed by atoms with Gasteiger partial charge in [0.25, 0.3) is 0 Å². The predicted molar refractivity (Wildman–Crippen MR) is 134 cm³/mol. The van der Waals surface area contributed by atoms with Gasteiger partial charge in [0, 0.05) is 16.1 Å². The molecule has 1 spiro atoms. The molecule has 0 radical (unpaired) electrons. The quantitative estimate of drug-likeness (QED) is 0.247. The van der Waals surface area contributed by atoms with E-state index in [0.717, 1.165) is 22.1 Å². The molecule has 156 valence electrons. The van der Waals surface area contributed by atoms with E-state index in [4.69, 9.17) is 16.3 Å². The third-order valence-electron chi connectivity index (χ3n) is 7.00. The first kappa shape index (κ1) is 18.7. The highest BCUT2D eigenvalue weighted by Gasteiger charge is 2.52. The highest BCUT2D eigenvalue weighted by atomic mass is 35.5. The molecule has 1 nitrogen and oxygen atoms in total. The molecule has 1 aliphatic heterocycles. The maximum Gasteiger partial charge on any atom is 0.132 e. The minimum atomic E-state index is -0.476. The molecule has 0 saturated heterocycles. The summed E-state index contributed by atoms with van der Waals surface area (Å²) in [5.41, 5.74) is 9.28. The van der Waals surface area contributed by atoms with Crippen molar-refractivity contribution in [3.8, 4) is 33.8 Å². The summed E-state index contributed by atoms with van der Waals surface area (Å²) in [6.07, 6.45) is 0. The van der Waals surface area contributed by atoms with E-state index in [1.807, 2.05) is 24.3 Å². The Bertz CT molecular complexity index is 1520. The van der Waals surface area contributed by atoms with Gasteiger partial charge in [-0.1, -0.05) is 103 Å². The van der Waals surface area contributed by atoms with E-state index < -0.39 is 5.41 Å². The van der Waals surface area contributed by atoms with Crippen LogP contribution in [0.25, 0.3) is 22.3 Å². The van der Waals surface area contributed by atoms with Crippen molar-refractivity contribution in [2.24, 2.45) is 0 Å². The number of hydrogen-bond donors (Lipinski definition) is 0. The van der Waals surface area contributed by atoms with Gasteiger partial charge in [-0.05, 0) is 57.6 Å². The van der Waals surface area contributed by atoms with E-state index in [1.54, 1.807) is 0 Å². The van der Waals surface area contributed by atoms with E-state index in [9.17, 15) is 0 Å². The van der Waals surface area contributed by atoms with Crippen LogP contribution in [0.3, 0.4) is 0 Å². The molecule has 0 N–H and O–H groups in total. The van der Waals surface area contributed by atoms with E-state index in [2.05, 4.69) is 91.0 Å². The van der Waals surface area contributed by atoms with Crippen LogP contribution in [-0.4, -0.2) is 0 Å². The number of fused-ring (bicyclic) bond motifs is 9. The van der Waals surface area contributed by atoms with Crippen LogP contribution < -0.4 is 4.74 Å². The van der Waals surface area contributed by atoms with Crippen LogP contribution in [0.1, 0.15) is 22.3 Å². The second kappa shape index (κ2) is 6.84. The van der Waals surface area contributed by atoms with E-state index in [1.165, 1.54) is 38.9 Å². The second-order valence-electron chi connectivity index (χ2n) is 8.63. The summed E-state index contributed by atoms with van der Waals surface area (Å²) in [6, 6.07) is 40.5. The highest BCUT2D eigenvalue weighted by Crippen LogP contribution is 2.63. The van der Waals surface area contributed by atoms with Gasteiger partial charge in [-0.3, -0.25) is 0 Å². The smallest absolute Gasteiger partial charge is 0.132 e. The zero-order valence-corrected chi connectivity index (χ0v) is 18.5. The predicted octanol–water partition coefficient (Wildman–Crippen LogP) is 8.48. The monoisotopic (exact) mass is 442 g/mol. The molecule has 0 amide bonds. The fourth-order valence-electron chi connectivity index (χ4n) is 5.81. The molecule has 5 aromatic carbocycles. The number of benzene rings is 5. The zero-order chi connectivity index (χ0) is 22.0. The Morgan fingerprint density at radius 3 is 1.82 bits per heavy atom. The van der Waals surface area contributed by atoms with Crippen molar-refractivity contribution in [3.05, 3.63) is 143 Å². The minimum Gasteiger partial charge on any atom is -0.457 e. The second-order valence-corrected chi connectivity index (χ2v) is 9.06. The van der Waals surface area contributed by atoms with Crippen molar-refractivity contribution in [2.75, 3.05) is 0 Å². The van der Waals surface area contributed by atoms with Gasteiger partial charge in [0.15, 0.2) is 0 Å². The number of rotatable bonds is 1. The Hall–Kier alpha value is -3.81. The SMILES string of the molecule is Clc1cccc(-c2cccc3c2C2(c4ccccc4Oc4ccccc42)c2ccccc2-3)c1. The largest absolute Gasteiger partial charge is 0.457 e. The van der Waals surface area contributed by atoms with E-state index >= 15 is 0 Å². The topological polar surface area (TPSA) is 9.23 Å². The zero-order valence-electron chi connectivity index (χ0n) is 17.8. The molecule has 1 heterocycles. The van der Waals surface area contributed by atoms with Crippen molar-refractivity contribution in [2.45, 2.75) is 5.41 Å². The first-order valence-electron chi connectivity index (χ1n) is 11.1. The number of para-hydroxylation sites is 2. The number of ether oxygens (including phenoxy) is 1. The molecular formula is C31H19ClO. The maximum absolute atomic E-state index is 6.45. The summed E-state index contributed by atoms with van der Waals surface area (Å²) in [4.78, 5) is 0. The number of hydrogen-bond acceptors (Lipinski definition) is 1. The average Bonchev–Trinajstić information content (AvgIpc) is 3.16. The first-order valence-corrected chi connectivity index (χ1v) is 11.5. The van der Waals surface area contributed by atoms with Gasteiger partial charge in [0.05, 0.1) is 5.41 Å². The van der Waals surface area contributed by atoms with Crippen LogP contribution in [0.2, 0.25) is 5.02 Å². The lowest BCUT2D eigenvalue weighted by molar-refractivity contribution is 0.436. The van der Waals surface area contributed by atoms with Crippen LogP contribution in [0.15, 0.2) is 115 Å². The van der Waals surface area contributed by atoms with E-state index in [-0.39, 0.29) is 0 Å². The third-order valence-corrected chi connectivity index (χ3v) is 7.23. The molecule has 0 atom stereocenters. The molecule has 0 fully saturated rings. The molecule has 0 aromatic heterocycles. The normalized spacial score (nSPS) is 14.1. The maximum atomic E-state index is 6.45. The van der Waals surface area contributed by atoms with Crippen LogP contribution in [-0.2, 0) is 5.41 Å². The van der Waals surface area contributed by atoms with Gasteiger partial charge in [-0.2, -0.15) is 0 Å². The average molecular weight is 443 g/mol. The molecule has 33 heavy (non-hydrogen) atoms. The number of halogens is 1. The fraction of sp³-hybridized carbons (Fsp3) is 0.0323. The van der Waals surface area contributed by atoms with Crippen molar-refractivity contribution in [3.63, 3.8) is 0 Å². The van der Waals surface area contributed by atoms with Gasteiger partial charge in [-0.25, -0.2) is 0 Å². The summed E-state index contributed by atoms with van der Waals surface area (Å²) in [6.45, 7) is 0. The Morgan fingerprint density at radius 2 is 1.09 bits per heavy atom. The third kappa shape index (κ3) is 2.43.